The number of benzene rings is 2. The van der Waals surface area contributed by atoms with E-state index in [4.69, 9.17) is 4.99 Å². The zero-order valence-corrected chi connectivity index (χ0v) is 21.5. The van der Waals surface area contributed by atoms with Gasteiger partial charge in [0.15, 0.2) is 5.88 Å². The highest BCUT2D eigenvalue weighted by Crippen LogP contribution is 2.33. The van der Waals surface area contributed by atoms with Crippen molar-refractivity contribution in [2.75, 3.05) is 19.6 Å². The number of carbonyl (C=O) groups excluding carboxylic acids is 1. The van der Waals surface area contributed by atoms with Gasteiger partial charge in [0.25, 0.3) is 12.3 Å². The molecule has 3 aromatic rings. The van der Waals surface area contributed by atoms with E-state index in [0.717, 1.165) is 49.1 Å². The molecule has 2 aliphatic rings. The maximum absolute atomic E-state index is 12.3. The number of hydrogen-bond acceptors (Lipinski definition) is 4. The van der Waals surface area contributed by atoms with Gasteiger partial charge in [-0.05, 0) is 74.2 Å². The maximum Gasteiger partial charge on any atom is 0.296 e. The van der Waals surface area contributed by atoms with Crippen molar-refractivity contribution in [2.45, 2.75) is 38.7 Å². The van der Waals surface area contributed by atoms with Crippen molar-refractivity contribution in [2.24, 2.45) is 4.99 Å². The molecule has 1 saturated heterocycles. The number of rotatable bonds is 7. The molecular weight excluding hydrogens is 498 g/mol. The van der Waals surface area contributed by atoms with Crippen LogP contribution in [-0.2, 0) is 11.3 Å². The maximum atomic E-state index is 12.3. The number of carbonyl (C=O) groups is 1. The van der Waals surface area contributed by atoms with E-state index in [0.29, 0.717) is 22.4 Å². The van der Waals surface area contributed by atoms with Crippen molar-refractivity contribution in [3.05, 3.63) is 83.0 Å². The van der Waals surface area contributed by atoms with Gasteiger partial charge in [0.2, 0.25) is 0 Å². The standard InChI is InChI=1S/C31H30F2N4O2/c32-27(33)19-34-28(38)15-11-21-10-14-25-26(18-21)36-31(39)29(25)30(23-6-2-1-3-7-23)35-24-12-8-22(9-13-24)20-37-16-4-5-17-37/h1-2,6,8-10,12-14,18,27,36,39H,3-5,7,16-17,19-20H2,(H,34,38). The lowest BCUT2D eigenvalue weighted by atomic mass is 9.94. The summed E-state index contributed by atoms with van der Waals surface area (Å²) in [6.45, 7) is 2.49. The fourth-order valence-electron chi connectivity index (χ4n) is 4.94. The number of fused-ring (bicyclic) bond motifs is 1. The van der Waals surface area contributed by atoms with Crippen molar-refractivity contribution in [1.29, 1.82) is 0 Å². The van der Waals surface area contributed by atoms with Crippen molar-refractivity contribution in [1.82, 2.24) is 15.2 Å². The van der Waals surface area contributed by atoms with Gasteiger partial charge in [0.1, 0.15) is 0 Å². The summed E-state index contributed by atoms with van der Waals surface area (Å²) in [6, 6.07) is 13.5. The van der Waals surface area contributed by atoms with E-state index in [1.165, 1.54) is 18.4 Å². The Morgan fingerprint density at radius 1 is 1.15 bits per heavy atom. The summed E-state index contributed by atoms with van der Waals surface area (Å²) < 4.78 is 24.6. The molecule has 1 aliphatic heterocycles. The highest BCUT2D eigenvalue weighted by Gasteiger charge is 2.21. The smallest absolute Gasteiger partial charge is 0.296 e. The molecule has 2 aromatic carbocycles. The highest BCUT2D eigenvalue weighted by atomic mass is 19.3. The molecule has 8 heteroatoms. The van der Waals surface area contributed by atoms with Crippen molar-refractivity contribution in [3.63, 3.8) is 0 Å². The number of nitrogens with zero attached hydrogens (tertiary/aromatic N) is 2. The number of aromatic hydroxyl groups is 1. The number of allylic oxidation sites excluding steroid dienone is 4. The second-order valence-electron chi connectivity index (χ2n) is 9.73. The number of aromatic nitrogens is 1. The van der Waals surface area contributed by atoms with E-state index < -0.39 is 18.9 Å². The molecule has 0 spiro atoms. The molecule has 2 heterocycles. The third-order valence-corrected chi connectivity index (χ3v) is 6.85. The Hall–Kier alpha value is -4.22. The first kappa shape index (κ1) is 26.4. The molecule has 200 valence electrons. The monoisotopic (exact) mass is 528 g/mol. The van der Waals surface area contributed by atoms with Gasteiger partial charge in [-0.1, -0.05) is 42.3 Å². The lowest BCUT2D eigenvalue weighted by molar-refractivity contribution is -0.116. The van der Waals surface area contributed by atoms with Crippen LogP contribution in [0.2, 0.25) is 0 Å². The Bertz CT molecular complexity index is 1500. The van der Waals surface area contributed by atoms with E-state index in [2.05, 4.69) is 45.3 Å². The fraction of sp³-hybridized carbons (Fsp3) is 0.290. The highest BCUT2D eigenvalue weighted by molar-refractivity contribution is 6.22. The first-order valence-electron chi connectivity index (χ1n) is 13.2. The van der Waals surface area contributed by atoms with E-state index >= 15 is 0 Å². The third-order valence-electron chi connectivity index (χ3n) is 6.85. The first-order valence-corrected chi connectivity index (χ1v) is 13.2. The Morgan fingerprint density at radius 3 is 2.67 bits per heavy atom. The number of aliphatic imine (C=N–C) groups is 1. The summed E-state index contributed by atoms with van der Waals surface area (Å²) in [5, 5.41) is 13.8. The number of hydrogen-bond donors (Lipinski definition) is 3. The summed E-state index contributed by atoms with van der Waals surface area (Å²) in [5.41, 5.74) is 5.51. The average molecular weight is 529 g/mol. The molecule has 1 amide bonds. The third kappa shape index (κ3) is 6.62. The van der Waals surface area contributed by atoms with Gasteiger partial charge in [-0.3, -0.25) is 9.69 Å². The number of nitrogens with one attached hydrogen (secondary N) is 2. The molecule has 0 atom stereocenters. The van der Waals surface area contributed by atoms with Gasteiger partial charge in [0, 0.05) is 23.4 Å². The number of amides is 1. The fourth-order valence-corrected chi connectivity index (χ4v) is 4.94. The largest absolute Gasteiger partial charge is 0.494 e. The second kappa shape index (κ2) is 12.1. The van der Waals surface area contributed by atoms with E-state index in [1.54, 1.807) is 12.1 Å². The van der Waals surface area contributed by atoms with Crippen LogP contribution in [-0.4, -0.2) is 52.7 Å². The van der Waals surface area contributed by atoms with Gasteiger partial charge >= 0.3 is 0 Å². The number of alkyl halides is 2. The lowest BCUT2D eigenvalue weighted by Crippen LogP contribution is -2.26. The Labute approximate surface area is 226 Å². The van der Waals surface area contributed by atoms with Crippen LogP contribution in [0.15, 0.2) is 71.3 Å². The van der Waals surface area contributed by atoms with Gasteiger partial charge in [0.05, 0.1) is 29.0 Å². The van der Waals surface area contributed by atoms with Crippen LogP contribution in [0.3, 0.4) is 0 Å². The van der Waals surface area contributed by atoms with Crippen LogP contribution in [0.4, 0.5) is 14.5 Å². The van der Waals surface area contributed by atoms with Crippen LogP contribution in [0.5, 0.6) is 5.88 Å². The van der Waals surface area contributed by atoms with Crippen LogP contribution in [0.25, 0.3) is 10.9 Å². The topological polar surface area (TPSA) is 80.7 Å². The van der Waals surface area contributed by atoms with Gasteiger partial charge in [-0.25, -0.2) is 13.8 Å². The zero-order chi connectivity index (χ0) is 27.2. The second-order valence-corrected chi connectivity index (χ2v) is 9.73. The van der Waals surface area contributed by atoms with Crippen molar-refractivity contribution < 1.29 is 18.7 Å². The average Bonchev–Trinajstić information content (AvgIpc) is 3.57. The summed E-state index contributed by atoms with van der Waals surface area (Å²) in [6.07, 6.45) is 7.70. The molecular formula is C31H30F2N4O2. The Morgan fingerprint density at radius 2 is 1.95 bits per heavy atom. The molecule has 3 N–H and O–H groups in total. The molecule has 0 saturated carbocycles. The number of halogens is 2. The van der Waals surface area contributed by atoms with Gasteiger partial charge in [-0.15, -0.1) is 0 Å². The van der Waals surface area contributed by atoms with Gasteiger partial charge < -0.3 is 15.4 Å². The predicted molar refractivity (Wildman–Crippen MR) is 149 cm³/mol. The quantitative estimate of drug-likeness (QED) is 0.276. The molecule has 1 aliphatic carbocycles. The number of aromatic amines is 1. The molecule has 5 rings (SSSR count). The zero-order valence-electron chi connectivity index (χ0n) is 21.5. The normalized spacial score (nSPS) is 15.9. The molecule has 39 heavy (non-hydrogen) atoms. The van der Waals surface area contributed by atoms with E-state index in [9.17, 15) is 18.7 Å². The van der Waals surface area contributed by atoms with Gasteiger partial charge in [-0.2, -0.15) is 0 Å². The Balaban J connectivity index is 1.46. The molecule has 6 nitrogen and oxygen atoms in total. The summed E-state index contributed by atoms with van der Waals surface area (Å²) in [5.74, 6) is 4.23. The van der Waals surface area contributed by atoms with Crippen molar-refractivity contribution in [3.8, 4) is 17.7 Å². The van der Waals surface area contributed by atoms with Crippen LogP contribution >= 0.6 is 0 Å². The number of H-pyrrole nitrogens is 1. The first-order chi connectivity index (χ1) is 19.0. The summed E-state index contributed by atoms with van der Waals surface area (Å²) in [4.78, 5) is 22.2. The summed E-state index contributed by atoms with van der Waals surface area (Å²) in [7, 11) is 0. The molecule has 0 unspecified atom stereocenters. The number of likely N-dealkylation sites (tertiary alicyclic amines) is 1. The predicted octanol–water partition coefficient (Wildman–Crippen LogP) is 5.60. The van der Waals surface area contributed by atoms with Crippen LogP contribution in [0.1, 0.15) is 42.4 Å². The molecule has 0 radical (unpaired) electrons. The minimum Gasteiger partial charge on any atom is -0.494 e. The minimum absolute atomic E-state index is 0.00959. The molecule has 1 fully saturated rings. The summed E-state index contributed by atoms with van der Waals surface area (Å²) >= 11 is 0. The SMILES string of the molecule is O=C(C#Cc1ccc2c(C(=Nc3ccc(CN4CCCC4)cc3)C3=CC=CCC3)c(O)[nH]c2c1)NCC(F)F. The molecule has 0 bridgehead atoms. The lowest BCUT2D eigenvalue weighted by Gasteiger charge is -2.15. The van der Waals surface area contributed by atoms with Crippen LogP contribution < -0.4 is 5.32 Å². The van der Waals surface area contributed by atoms with E-state index in [-0.39, 0.29) is 5.88 Å². The van der Waals surface area contributed by atoms with E-state index in [1.807, 2.05) is 30.4 Å². The molecule has 1 aromatic heterocycles. The Kier molecular flexibility index (Phi) is 8.18. The van der Waals surface area contributed by atoms with Crippen molar-refractivity contribution >= 4 is 28.2 Å². The minimum atomic E-state index is -2.63. The van der Waals surface area contributed by atoms with Crippen LogP contribution in [0, 0.1) is 11.8 Å².